The average Bonchev–Trinajstić information content (AvgIpc) is 2.60. The highest BCUT2D eigenvalue weighted by Crippen LogP contribution is 2.18. The molecule has 0 aliphatic heterocycles. The summed E-state index contributed by atoms with van der Waals surface area (Å²) in [6.07, 6.45) is 3.04. The Morgan fingerprint density at radius 3 is 2.69 bits per heavy atom. The fourth-order valence-electron chi connectivity index (χ4n) is 1.31. The van der Waals surface area contributed by atoms with E-state index in [2.05, 4.69) is 20.9 Å². The van der Waals surface area contributed by atoms with Gasteiger partial charge in [-0.2, -0.15) is 0 Å². The highest BCUT2D eigenvalue weighted by molar-refractivity contribution is 9.10. The Morgan fingerprint density at radius 1 is 1.38 bits per heavy atom. The van der Waals surface area contributed by atoms with Crippen LogP contribution in [0.2, 0.25) is 0 Å². The Kier molecular flexibility index (Phi) is 2.77. The summed E-state index contributed by atoms with van der Waals surface area (Å²) in [7, 11) is -0.478. The van der Waals surface area contributed by atoms with Crippen molar-refractivity contribution < 1.29 is 8.42 Å². The van der Waals surface area contributed by atoms with Crippen LogP contribution in [0.4, 0.5) is 0 Å². The zero-order chi connectivity index (χ0) is 11.9. The molecular formula is C9H10BrN3O2S. The van der Waals surface area contributed by atoms with Crippen LogP contribution >= 0.6 is 15.9 Å². The van der Waals surface area contributed by atoms with E-state index in [-0.39, 0.29) is 5.03 Å². The lowest BCUT2D eigenvalue weighted by Gasteiger charge is -2.10. The summed E-state index contributed by atoms with van der Waals surface area (Å²) in [6.45, 7) is 0. The van der Waals surface area contributed by atoms with Gasteiger partial charge in [0.2, 0.25) is 0 Å². The molecule has 2 aromatic rings. The Hall–Kier alpha value is -0.920. The summed E-state index contributed by atoms with van der Waals surface area (Å²) in [5, 5.41) is 0.161. The fourth-order valence-corrected chi connectivity index (χ4v) is 2.60. The Morgan fingerprint density at radius 2 is 2.06 bits per heavy atom. The SMILES string of the molecule is CN(C)S(=O)(=O)c1cnc2ccc(Br)cn12. The quantitative estimate of drug-likeness (QED) is 0.841. The predicted molar refractivity (Wildman–Crippen MR) is 63.8 cm³/mol. The summed E-state index contributed by atoms with van der Waals surface area (Å²) >= 11 is 3.30. The highest BCUT2D eigenvalue weighted by Gasteiger charge is 2.21. The largest absolute Gasteiger partial charge is 0.288 e. The third-order valence-electron chi connectivity index (χ3n) is 2.18. The van der Waals surface area contributed by atoms with Crippen molar-refractivity contribution >= 4 is 31.6 Å². The van der Waals surface area contributed by atoms with Crippen molar-refractivity contribution in [2.75, 3.05) is 14.1 Å². The van der Waals surface area contributed by atoms with Crippen molar-refractivity contribution in [3.05, 3.63) is 29.0 Å². The molecule has 0 N–H and O–H groups in total. The molecule has 0 saturated carbocycles. The van der Waals surface area contributed by atoms with Crippen molar-refractivity contribution in [3.63, 3.8) is 0 Å². The molecule has 0 saturated heterocycles. The van der Waals surface area contributed by atoms with Crippen molar-refractivity contribution in [2.45, 2.75) is 5.03 Å². The summed E-state index contributed by atoms with van der Waals surface area (Å²) in [5.74, 6) is 0. The normalized spacial score (nSPS) is 12.5. The molecule has 5 nitrogen and oxygen atoms in total. The van der Waals surface area contributed by atoms with Crippen molar-refractivity contribution in [1.82, 2.24) is 13.7 Å². The molecule has 0 bridgehead atoms. The second kappa shape index (κ2) is 3.83. The molecule has 2 heterocycles. The number of hydrogen-bond donors (Lipinski definition) is 0. The van der Waals surface area contributed by atoms with Gasteiger partial charge >= 0.3 is 0 Å². The van der Waals surface area contributed by atoms with Crippen molar-refractivity contribution in [3.8, 4) is 0 Å². The van der Waals surface area contributed by atoms with E-state index in [0.29, 0.717) is 5.65 Å². The second-order valence-electron chi connectivity index (χ2n) is 3.46. The van der Waals surface area contributed by atoms with E-state index >= 15 is 0 Å². The summed E-state index contributed by atoms with van der Waals surface area (Å²) < 4.78 is 27.4. The number of aromatic nitrogens is 2. The predicted octanol–water partition coefficient (Wildman–Crippen LogP) is 1.35. The number of pyridine rings is 1. The van der Waals surface area contributed by atoms with E-state index in [9.17, 15) is 8.42 Å². The molecule has 0 aromatic carbocycles. The van der Waals surface area contributed by atoms with E-state index in [0.717, 1.165) is 8.78 Å². The van der Waals surface area contributed by atoms with Crippen LogP contribution in [-0.2, 0) is 10.0 Å². The van der Waals surface area contributed by atoms with Crippen LogP contribution in [0.15, 0.2) is 34.0 Å². The van der Waals surface area contributed by atoms with E-state index in [1.165, 1.54) is 20.3 Å². The van der Waals surface area contributed by atoms with Crippen LogP contribution in [0.1, 0.15) is 0 Å². The van der Waals surface area contributed by atoms with E-state index in [1.54, 1.807) is 16.7 Å². The van der Waals surface area contributed by atoms with Crippen LogP contribution < -0.4 is 0 Å². The monoisotopic (exact) mass is 303 g/mol. The minimum absolute atomic E-state index is 0.161. The maximum Gasteiger partial charge on any atom is 0.260 e. The lowest BCUT2D eigenvalue weighted by atomic mass is 10.5. The standard InChI is InChI=1S/C9H10BrN3O2S/c1-12(2)16(14,15)9-5-11-8-4-3-7(10)6-13(8)9/h3-6H,1-2H3. The van der Waals surface area contributed by atoms with Gasteiger partial charge in [-0.1, -0.05) is 0 Å². The van der Waals surface area contributed by atoms with Gasteiger partial charge in [0.1, 0.15) is 5.65 Å². The number of nitrogens with zero attached hydrogens (tertiary/aromatic N) is 3. The van der Waals surface area contributed by atoms with Gasteiger partial charge in [-0.05, 0) is 28.1 Å². The molecule has 0 aliphatic carbocycles. The molecule has 86 valence electrons. The number of hydrogen-bond acceptors (Lipinski definition) is 3. The van der Waals surface area contributed by atoms with Crippen LogP contribution in [-0.4, -0.2) is 36.2 Å². The van der Waals surface area contributed by atoms with Gasteiger partial charge in [-0.3, -0.25) is 4.40 Å². The first kappa shape index (κ1) is 11.6. The van der Waals surface area contributed by atoms with Gasteiger partial charge in [0.15, 0.2) is 5.03 Å². The second-order valence-corrected chi connectivity index (χ2v) is 6.47. The topological polar surface area (TPSA) is 54.7 Å². The molecule has 0 unspecified atom stereocenters. The minimum atomic E-state index is -3.46. The molecule has 2 aromatic heterocycles. The number of imidazole rings is 1. The number of rotatable bonds is 2. The molecule has 2 rings (SSSR count). The molecule has 0 amide bonds. The molecule has 7 heteroatoms. The van der Waals surface area contributed by atoms with Gasteiger partial charge in [0, 0.05) is 24.8 Å². The van der Waals surface area contributed by atoms with Crippen LogP contribution in [0.3, 0.4) is 0 Å². The number of halogens is 1. The van der Waals surface area contributed by atoms with Gasteiger partial charge in [-0.25, -0.2) is 17.7 Å². The summed E-state index contributed by atoms with van der Waals surface area (Å²) in [4.78, 5) is 4.04. The molecular weight excluding hydrogens is 294 g/mol. The number of sulfonamides is 1. The number of fused-ring (bicyclic) bond motifs is 1. The van der Waals surface area contributed by atoms with Gasteiger partial charge < -0.3 is 0 Å². The minimum Gasteiger partial charge on any atom is -0.288 e. The van der Waals surface area contributed by atoms with Gasteiger partial charge in [-0.15, -0.1) is 0 Å². The van der Waals surface area contributed by atoms with Crippen molar-refractivity contribution in [1.29, 1.82) is 0 Å². The van der Waals surface area contributed by atoms with E-state index in [1.807, 2.05) is 6.07 Å². The molecule has 16 heavy (non-hydrogen) atoms. The fraction of sp³-hybridized carbons (Fsp3) is 0.222. The highest BCUT2D eigenvalue weighted by atomic mass is 79.9. The first-order valence-electron chi connectivity index (χ1n) is 4.48. The zero-order valence-corrected chi connectivity index (χ0v) is 11.2. The lowest BCUT2D eigenvalue weighted by molar-refractivity contribution is 0.516. The summed E-state index contributed by atoms with van der Waals surface area (Å²) in [6, 6.07) is 3.56. The van der Waals surface area contributed by atoms with E-state index in [4.69, 9.17) is 0 Å². The Bertz CT molecular complexity index is 633. The van der Waals surface area contributed by atoms with Gasteiger partial charge in [0.05, 0.1) is 6.20 Å². The molecule has 0 atom stereocenters. The molecule has 0 aliphatic rings. The zero-order valence-electron chi connectivity index (χ0n) is 8.75. The third kappa shape index (κ3) is 1.74. The van der Waals surface area contributed by atoms with Crippen LogP contribution in [0.5, 0.6) is 0 Å². The Labute approximate surface area is 102 Å². The maximum absolute atomic E-state index is 12.0. The maximum atomic E-state index is 12.0. The van der Waals surface area contributed by atoms with Crippen molar-refractivity contribution in [2.24, 2.45) is 0 Å². The average molecular weight is 304 g/mol. The van der Waals surface area contributed by atoms with Gasteiger partial charge in [0.25, 0.3) is 10.0 Å². The molecule has 0 spiro atoms. The van der Waals surface area contributed by atoms with Crippen LogP contribution in [0, 0.1) is 0 Å². The smallest absolute Gasteiger partial charge is 0.260 e. The molecule has 0 radical (unpaired) electrons. The summed E-state index contributed by atoms with van der Waals surface area (Å²) in [5.41, 5.74) is 0.601. The first-order chi connectivity index (χ1) is 7.43. The van der Waals surface area contributed by atoms with E-state index < -0.39 is 10.0 Å². The lowest BCUT2D eigenvalue weighted by Crippen LogP contribution is -2.23. The van der Waals surface area contributed by atoms with Crippen LogP contribution in [0.25, 0.3) is 5.65 Å². The first-order valence-corrected chi connectivity index (χ1v) is 6.71. The Balaban J connectivity index is 2.76. The third-order valence-corrected chi connectivity index (χ3v) is 4.44. The molecule has 0 fully saturated rings.